The van der Waals surface area contributed by atoms with E-state index >= 15 is 0 Å². The van der Waals surface area contributed by atoms with Crippen molar-refractivity contribution in [1.82, 2.24) is 0 Å². The van der Waals surface area contributed by atoms with E-state index in [9.17, 15) is 0 Å². The molecule has 1 saturated carbocycles. The second-order valence-electron chi connectivity index (χ2n) is 26.9. The lowest BCUT2D eigenvalue weighted by atomic mass is 9.33. The molecular weight excluding hydrogens is 954 g/mol. The van der Waals surface area contributed by atoms with Gasteiger partial charge in [0.25, 0.3) is 6.71 Å². The van der Waals surface area contributed by atoms with Gasteiger partial charge < -0.3 is 14.7 Å². The first-order chi connectivity index (χ1) is 38.0. The minimum atomic E-state index is -0.404. The van der Waals surface area contributed by atoms with Crippen LogP contribution in [0.5, 0.6) is 0 Å². The number of rotatable bonds is 5. The van der Waals surface area contributed by atoms with Gasteiger partial charge in [-0.2, -0.15) is 0 Å². The first kappa shape index (κ1) is 48.6. The number of hydrogen-bond acceptors (Lipinski definition) is 3. The summed E-state index contributed by atoms with van der Waals surface area (Å²) >= 11 is 0. The van der Waals surface area contributed by atoms with Gasteiger partial charge in [-0.25, -0.2) is 0 Å². The Bertz CT molecular complexity index is 3960. The smallest absolute Gasteiger partial charge is 0.252 e. The molecule has 3 nitrogen and oxygen atoms in total. The van der Waals surface area contributed by atoms with Gasteiger partial charge in [0, 0.05) is 50.6 Å². The van der Waals surface area contributed by atoms with Gasteiger partial charge in [-0.05, 0) is 164 Å². The summed E-state index contributed by atoms with van der Waals surface area (Å²) in [5.74, 6) is 0. The third-order valence-corrected chi connectivity index (χ3v) is 20.9. The number of nitrogens with zero attached hydrogens (tertiary/aromatic N) is 3. The normalized spacial score (nSPS) is 23.1. The number of benzene rings is 9. The van der Waals surface area contributed by atoms with Crippen LogP contribution in [0.15, 0.2) is 200 Å². The molecule has 4 heteroatoms. The molecule has 9 aromatic carbocycles. The summed E-state index contributed by atoms with van der Waals surface area (Å²) in [6.07, 6.45) is 6.71. The summed E-state index contributed by atoms with van der Waals surface area (Å²) < 4.78 is 0. The minimum Gasteiger partial charge on any atom is -0.335 e. The van der Waals surface area contributed by atoms with E-state index in [0.29, 0.717) is 0 Å². The molecule has 0 radical (unpaired) electrons. The van der Waals surface area contributed by atoms with Crippen molar-refractivity contribution in [3.63, 3.8) is 0 Å². The van der Waals surface area contributed by atoms with Crippen LogP contribution in [-0.4, -0.2) is 12.3 Å². The van der Waals surface area contributed by atoms with Crippen molar-refractivity contribution in [2.45, 2.75) is 134 Å². The Kier molecular flexibility index (Phi) is 10.3. The quantitative estimate of drug-likeness (QED) is 0.159. The SMILES string of the molecule is CC(C)(C)c1ccc2c(c1)C1(C)CCc3ccccc3C1(C)N2c1cc2c3c(c1)N1c4c(cc(C(C)(C)C)cc4C4(c5ccccc5)CCCCC14C)B3c1ccc(-c3ccccc3)cc1N2c1cccc(-c2ccccc2)c1. The van der Waals surface area contributed by atoms with Crippen LogP contribution in [-0.2, 0) is 33.6 Å². The Morgan fingerprint density at radius 2 is 1.06 bits per heavy atom. The maximum absolute atomic E-state index is 2.97. The van der Waals surface area contributed by atoms with Gasteiger partial charge in [0.1, 0.15) is 0 Å². The molecule has 4 atom stereocenters. The molecular formula is C75H72BN3. The third-order valence-electron chi connectivity index (χ3n) is 20.9. The molecule has 2 aliphatic carbocycles. The van der Waals surface area contributed by atoms with Crippen LogP contribution in [0.25, 0.3) is 22.3 Å². The third kappa shape index (κ3) is 6.55. The van der Waals surface area contributed by atoms with Gasteiger partial charge in [-0.1, -0.05) is 225 Å². The molecule has 6 aliphatic rings. The van der Waals surface area contributed by atoms with Gasteiger partial charge in [0.05, 0.1) is 11.1 Å². The first-order valence-electron chi connectivity index (χ1n) is 29.5. The van der Waals surface area contributed by atoms with E-state index < -0.39 is 5.54 Å². The van der Waals surface area contributed by atoms with Crippen molar-refractivity contribution in [3.05, 3.63) is 239 Å². The predicted molar refractivity (Wildman–Crippen MR) is 335 cm³/mol. The number of anilines is 7. The molecule has 0 spiro atoms. The molecule has 0 bridgehead atoms. The molecule has 4 unspecified atom stereocenters. The Balaban J connectivity index is 1.10. The van der Waals surface area contributed by atoms with Crippen LogP contribution in [0.2, 0.25) is 0 Å². The number of hydrogen-bond donors (Lipinski definition) is 0. The molecule has 4 heterocycles. The maximum atomic E-state index is 2.97. The van der Waals surface area contributed by atoms with E-state index in [1.165, 1.54) is 130 Å². The second kappa shape index (κ2) is 16.7. The van der Waals surface area contributed by atoms with Gasteiger partial charge in [0.2, 0.25) is 0 Å². The van der Waals surface area contributed by atoms with E-state index in [-0.39, 0.29) is 33.9 Å². The van der Waals surface area contributed by atoms with Gasteiger partial charge >= 0.3 is 0 Å². The molecule has 0 aromatic heterocycles. The van der Waals surface area contributed by atoms with Crippen molar-refractivity contribution in [2.75, 3.05) is 14.7 Å². The highest BCUT2D eigenvalue weighted by Gasteiger charge is 2.65. The van der Waals surface area contributed by atoms with Crippen molar-refractivity contribution >= 4 is 62.9 Å². The van der Waals surface area contributed by atoms with Crippen molar-refractivity contribution in [2.24, 2.45) is 0 Å². The summed E-state index contributed by atoms with van der Waals surface area (Å²) in [7, 11) is 0. The Morgan fingerprint density at radius 1 is 0.430 bits per heavy atom. The molecule has 0 amide bonds. The van der Waals surface area contributed by atoms with E-state index in [4.69, 9.17) is 0 Å². The lowest BCUT2D eigenvalue weighted by molar-refractivity contribution is 0.215. The van der Waals surface area contributed by atoms with Crippen LogP contribution >= 0.6 is 0 Å². The summed E-state index contributed by atoms with van der Waals surface area (Å²) in [6.45, 7) is 22.2. The van der Waals surface area contributed by atoms with Crippen LogP contribution in [0.4, 0.5) is 39.8 Å². The van der Waals surface area contributed by atoms with E-state index in [0.717, 1.165) is 25.7 Å². The standard InChI is InChI=1S/C75H72BN3/c1-70(2,3)55-35-37-64-60(44-55)72(7)41-38-51-28-19-20-33-59(51)74(72,9)78(64)58-47-66-68-67(48-58)79-69-61(75(54-30-17-12-18-31-54)40-22-21-39-73(75,79)8)45-56(71(4,5)6)46-63(69)76(68)62-36-34-53(50-26-15-11-16-27-50)43-65(62)77(66)57-32-23-29-52(42-57)49-24-13-10-14-25-49/h10-20,23-37,42-48H,21-22,38-41H2,1-9H3. The van der Waals surface area contributed by atoms with Crippen molar-refractivity contribution < 1.29 is 0 Å². The highest BCUT2D eigenvalue weighted by Crippen LogP contribution is 2.68. The second-order valence-corrected chi connectivity index (χ2v) is 26.9. The van der Waals surface area contributed by atoms with Crippen molar-refractivity contribution in [1.29, 1.82) is 0 Å². The summed E-state index contributed by atoms with van der Waals surface area (Å²) in [5, 5.41) is 0. The molecule has 9 aromatic rings. The molecule has 15 rings (SSSR count). The van der Waals surface area contributed by atoms with Crippen LogP contribution in [0.3, 0.4) is 0 Å². The zero-order valence-electron chi connectivity index (χ0n) is 47.7. The monoisotopic (exact) mass is 1030 g/mol. The maximum Gasteiger partial charge on any atom is 0.252 e. The van der Waals surface area contributed by atoms with Crippen LogP contribution < -0.4 is 31.1 Å². The lowest BCUT2D eigenvalue weighted by Gasteiger charge is -2.55. The van der Waals surface area contributed by atoms with Crippen molar-refractivity contribution in [3.8, 4) is 22.3 Å². The fraction of sp³-hybridized carbons (Fsp3) is 0.280. The zero-order valence-corrected chi connectivity index (χ0v) is 47.7. The molecule has 4 aliphatic heterocycles. The average Bonchev–Trinajstić information content (AvgIpc) is 2.83. The number of aryl methyl sites for hydroxylation is 1. The fourth-order valence-electron chi connectivity index (χ4n) is 16.6. The van der Waals surface area contributed by atoms with E-state index in [1.807, 2.05) is 0 Å². The Labute approximate surface area is 470 Å². The molecule has 0 saturated heterocycles. The molecule has 0 N–H and O–H groups in total. The molecule has 1 fully saturated rings. The minimum absolute atomic E-state index is 0.00195. The highest BCUT2D eigenvalue weighted by atomic mass is 15.3. The number of fused-ring (bicyclic) bond motifs is 12. The first-order valence-corrected chi connectivity index (χ1v) is 29.5. The van der Waals surface area contributed by atoms with E-state index in [2.05, 4.69) is 277 Å². The van der Waals surface area contributed by atoms with Gasteiger partial charge in [0.15, 0.2) is 0 Å². The van der Waals surface area contributed by atoms with Crippen LogP contribution in [0, 0.1) is 0 Å². The van der Waals surface area contributed by atoms with E-state index in [1.54, 1.807) is 0 Å². The van der Waals surface area contributed by atoms with Gasteiger partial charge in [-0.3, -0.25) is 0 Å². The Morgan fingerprint density at radius 3 is 1.78 bits per heavy atom. The molecule has 390 valence electrons. The largest absolute Gasteiger partial charge is 0.335 e. The highest BCUT2D eigenvalue weighted by molar-refractivity contribution is 7.00. The predicted octanol–water partition coefficient (Wildman–Crippen LogP) is 17.3. The Hall–Kier alpha value is -7.56. The average molecular weight is 1030 g/mol. The summed E-state index contributed by atoms with van der Waals surface area (Å²) in [4.78, 5) is 8.50. The fourth-order valence-corrected chi connectivity index (χ4v) is 16.6. The lowest BCUT2D eigenvalue weighted by Crippen LogP contribution is -2.65. The summed E-state index contributed by atoms with van der Waals surface area (Å²) in [6, 6.07) is 78.3. The molecule has 79 heavy (non-hydrogen) atoms. The van der Waals surface area contributed by atoms with Gasteiger partial charge in [-0.15, -0.1) is 0 Å². The summed E-state index contributed by atoms with van der Waals surface area (Å²) in [5.41, 5.74) is 27.1. The zero-order chi connectivity index (χ0) is 54.0. The topological polar surface area (TPSA) is 9.72 Å². The van der Waals surface area contributed by atoms with Crippen LogP contribution in [0.1, 0.15) is 133 Å².